The summed E-state index contributed by atoms with van der Waals surface area (Å²) in [5.41, 5.74) is 2.08. The largest absolute Gasteiger partial charge is 0.387 e. The summed E-state index contributed by atoms with van der Waals surface area (Å²) in [4.78, 5) is 4.06. The van der Waals surface area contributed by atoms with Crippen LogP contribution >= 0.6 is 0 Å². The first-order valence-electron chi connectivity index (χ1n) is 7.98. The average Bonchev–Trinajstić information content (AvgIpc) is 2.49. The van der Waals surface area contributed by atoms with E-state index in [9.17, 15) is 13.9 Å². The van der Waals surface area contributed by atoms with Crippen molar-refractivity contribution < 1.29 is 13.9 Å². The van der Waals surface area contributed by atoms with E-state index in [1.54, 1.807) is 0 Å². The number of halogens is 2. The Bertz CT molecular complexity index is 452. The molecular weight excluding hydrogens is 286 g/mol. The van der Waals surface area contributed by atoms with Crippen LogP contribution in [0.4, 0.5) is 8.78 Å². The van der Waals surface area contributed by atoms with Crippen LogP contribution in [0.15, 0.2) is 24.3 Å². The SMILES string of the molecule is CCC1CN(CC(O)c2ccc(C)cc2)CCN1CC(F)F. The first kappa shape index (κ1) is 17.3. The van der Waals surface area contributed by atoms with Gasteiger partial charge in [0.15, 0.2) is 0 Å². The molecule has 0 saturated carbocycles. The number of aliphatic hydroxyl groups is 1. The molecular formula is C17H26F2N2O. The van der Waals surface area contributed by atoms with Crippen LogP contribution in [0.25, 0.3) is 0 Å². The molecule has 1 N–H and O–H groups in total. The molecule has 1 aliphatic rings. The number of rotatable bonds is 6. The zero-order valence-corrected chi connectivity index (χ0v) is 13.4. The molecule has 1 heterocycles. The van der Waals surface area contributed by atoms with E-state index < -0.39 is 12.5 Å². The predicted octanol–water partition coefficient (Wildman–Crippen LogP) is 2.69. The molecule has 1 saturated heterocycles. The molecule has 0 bridgehead atoms. The lowest BCUT2D eigenvalue weighted by Gasteiger charge is -2.41. The fraction of sp³-hybridized carbons (Fsp3) is 0.647. The van der Waals surface area contributed by atoms with Crippen molar-refractivity contribution in [2.45, 2.75) is 38.8 Å². The summed E-state index contributed by atoms with van der Waals surface area (Å²) in [6.07, 6.45) is -1.96. The number of piperazine rings is 1. The van der Waals surface area contributed by atoms with Gasteiger partial charge in [-0.15, -0.1) is 0 Å². The molecule has 3 nitrogen and oxygen atoms in total. The van der Waals surface area contributed by atoms with Gasteiger partial charge in [-0.3, -0.25) is 9.80 Å². The fourth-order valence-corrected chi connectivity index (χ4v) is 3.07. The molecule has 0 amide bonds. The number of benzene rings is 1. The maximum absolute atomic E-state index is 12.6. The van der Waals surface area contributed by atoms with E-state index in [-0.39, 0.29) is 12.6 Å². The number of aliphatic hydroxyl groups excluding tert-OH is 1. The minimum atomic E-state index is -2.28. The van der Waals surface area contributed by atoms with Crippen molar-refractivity contribution >= 4 is 0 Å². The van der Waals surface area contributed by atoms with Crippen LogP contribution in [0, 0.1) is 6.92 Å². The van der Waals surface area contributed by atoms with Gasteiger partial charge in [0.25, 0.3) is 6.43 Å². The molecule has 22 heavy (non-hydrogen) atoms. The highest BCUT2D eigenvalue weighted by atomic mass is 19.3. The molecule has 1 aromatic carbocycles. The summed E-state index contributed by atoms with van der Waals surface area (Å²) >= 11 is 0. The lowest BCUT2D eigenvalue weighted by molar-refractivity contribution is 0.00486. The summed E-state index contributed by atoms with van der Waals surface area (Å²) < 4.78 is 25.2. The van der Waals surface area contributed by atoms with E-state index in [0.29, 0.717) is 13.1 Å². The van der Waals surface area contributed by atoms with Crippen LogP contribution in [0.1, 0.15) is 30.6 Å². The van der Waals surface area contributed by atoms with E-state index in [1.807, 2.05) is 43.0 Å². The topological polar surface area (TPSA) is 26.7 Å². The van der Waals surface area contributed by atoms with Crippen LogP contribution in [0.3, 0.4) is 0 Å². The number of β-amino-alcohol motifs (C(OH)–C–C–N with tert-alkyl or cyclic N) is 1. The Hall–Kier alpha value is -1.04. The molecule has 0 radical (unpaired) electrons. The van der Waals surface area contributed by atoms with E-state index in [4.69, 9.17) is 0 Å². The third-order valence-electron chi connectivity index (χ3n) is 4.43. The Kier molecular flexibility index (Phi) is 6.29. The maximum atomic E-state index is 12.6. The number of nitrogens with zero attached hydrogens (tertiary/aromatic N) is 2. The Labute approximate surface area is 131 Å². The van der Waals surface area contributed by atoms with Crippen molar-refractivity contribution in [1.82, 2.24) is 9.80 Å². The van der Waals surface area contributed by atoms with Crippen molar-refractivity contribution in [1.29, 1.82) is 0 Å². The minimum Gasteiger partial charge on any atom is -0.387 e. The molecule has 124 valence electrons. The van der Waals surface area contributed by atoms with Gasteiger partial charge < -0.3 is 5.11 Å². The van der Waals surface area contributed by atoms with Crippen molar-refractivity contribution in [3.8, 4) is 0 Å². The van der Waals surface area contributed by atoms with E-state index in [1.165, 1.54) is 5.56 Å². The monoisotopic (exact) mass is 312 g/mol. The van der Waals surface area contributed by atoms with Gasteiger partial charge in [-0.05, 0) is 18.9 Å². The summed E-state index contributed by atoms with van der Waals surface area (Å²) in [7, 11) is 0. The Morgan fingerprint density at radius 2 is 1.86 bits per heavy atom. The van der Waals surface area contributed by atoms with Crippen LogP contribution in [-0.2, 0) is 0 Å². The normalized spacial score (nSPS) is 22.2. The lowest BCUT2D eigenvalue weighted by atomic mass is 10.0. The van der Waals surface area contributed by atoms with Gasteiger partial charge in [-0.25, -0.2) is 8.78 Å². The highest BCUT2D eigenvalue weighted by molar-refractivity contribution is 5.23. The molecule has 0 aromatic heterocycles. The second kappa shape index (κ2) is 7.99. The number of alkyl halides is 2. The highest BCUT2D eigenvalue weighted by Gasteiger charge is 2.28. The van der Waals surface area contributed by atoms with Gasteiger partial charge in [0.2, 0.25) is 0 Å². The van der Waals surface area contributed by atoms with Gasteiger partial charge in [0.05, 0.1) is 12.6 Å². The van der Waals surface area contributed by atoms with Gasteiger partial charge >= 0.3 is 0 Å². The van der Waals surface area contributed by atoms with Crippen molar-refractivity contribution in [2.75, 3.05) is 32.7 Å². The molecule has 1 aromatic rings. The zero-order valence-electron chi connectivity index (χ0n) is 13.4. The standard InChI is InChI=1S/C17H26F2N2O/c1-3-15-10-20(8-9-21(15)12-17(18)19)11-16(22)14-6-4-13(2)5-7-14/h4-7,15-17,22H,3,8-12H2,1-2H3. The molecule has 1 aliphatic heterocycles. The average molecular weight is 312 g/mol. The van der Waals surface area contributed by atoms with Crippen molar-refractivity contribution in [3.63, 3.8) is 0 Å². The quantitative estimate of drug-likeness (QED) is 0.875. The molecule has 5 heteroatoms. The minimum absolute atomic E-state index is 0.146. The number of hydrogen-bond acceptors (Lipinski definition) is 3. The smallest absolute Gasteiger partial charge is 0.251 e. The molecule has 1 fully saturated rings. The Morgan fingerprint density at radius 3 is 2.45 bits per heavy atom. The first-order chi connectivity index (χ1) is 10.5. The van der Waals surface area contributed by atoms with Gasteiger partial charge in [0, 0.05) is 32.2 Å². The van der Waals surface area contributed by atoms with Crippen LogP contribution in [-0.4, -0.2) is 60.1 Å². The lowest BCUT2D eigenvalue weighted by Crippen LogP contribution is -2.54. The summed E-state index contributed by atoms with van der Waals surface area (Å²) in [5, 5.41) is 10.4. The number of hydrogen-bond donors (Lipinski definition) is 1. The second-order valence-electron chi connectivity index (χ2n) is 6.13. The molecule has 2 rings (SSSR count). The first-order valence-corrected chi connectivity index (χ1v) is 7.98. The number of aryl methyl sites for hydroxylation is 1. The third kappa shape index (κ3) is 4.73. The summed E-state index contributed by atoms with van der Waals surface area (Å²) in [6.45, 7) is 6.57. The van der Waals surface area contributed by atoms with Crippen LogP contribution in [0.2, 0.25) is 0 Å². The maximum Gasteiger partial charge on any atom is 0.251 e. The van der Waals surface area contributed by atoms with Crippen LogP contribution < -0.4 is 0 Å². The molecule has 2 atom stereocenters. The van der Waals surface area contributed by atoms with Crippen molar-refractivity contribution in [3.05, 3.63) is 35.4 Å². The molecule has 2 unspecified atom stereocenters. The Balaban J connectivity index is 1.90. The Morgan fingerprint density at radius 1 is 1.18 bits per heavy atom. The fourth-order valence-electron chi connectivity index (χ4n) is 3.07. The van der Waals surface area contributed by atoms with E-state index in [2.05, 4.69) is 4.90 Å². The van der Waals surface area contributed by atoms with Gasteiger partial charge in [-0.1, -0.05) is 36.8 Å². The molecule has 0 spiro atoms. The van der Waals surface area contributed by atoms with Gasteiger partial charge in [0.1, 0.15) is 0 Å². The second-order valence-corrected chi connectivity index (χ2v) is 6.13. The van der Waals surface area contributed by atoms with Crippen molar-refractivity contribution in [2.24, 2.45) is 0 Å². The van der Waals surface area contributed by atoms with E-state index >= 15 is 0 Å². The third-order valence-corrected chi connectivity index (χ3v) is 4.43. The predicted molar refractivity (Wildman–Crippen MR) is 84.2 cm³/mol. The highest BCUT2D eigenvalue weighted by Crippen LogP contribution is 2.19. The van der Waals surface area contributed by atoms with E-state index in [0.717, 1.165) is 25.1 Å². The molecule has 0 aliphatic carbocycles. The summed E-state index contributed by atoms with van der Waals surface area (Å²) in [6, 6.07) is 8.03. The zero-order chi connectivity index (χ0) is 16.1. The van der Waals surface area contributed by atoms with Gasteiger partial charge in [-0.2, -0.15) is 0 Å². The van der Waals surface area contributed by atoms with Crippen LogP contribution in [0.5, 0.6) is 0 Å². The summed E-state index contributed by atoms with van der Waals surface area (Å²) in [5.74, 6) is 0.